The summed E-state index contributed by atoms with van der Waals surface area (Å²) in [5, 5.41) is 17.3. The molecule has 45 heavy (non-hydrogen) atoms. The molecule has 0 atom stereocenters. The predicted molar refractivity (Wildman–Crippen MR) is 182 cm³/mol. The van der Waals surface area contributed by atoms with Crippen LogP contribution in [0.3, 0.4) is 0 Å². The first kappa shape index (κ1) is 33.5. The molecule has 0 fully saturated rings. The first-order valence-corrected chi connectivity index (χ1v) is 16.1. The molecule has 0 heterocycles. The smallest absolute Gasteiger partial charge is 0.334 e. The van der Waals surface area contributed by atoms with Crippen LogP contribution in [0.25, 0.3) is 44.5 Å². The molecule has 0 aliphatic heterocycles. The zero-order valence-electron chi connectivity index (χ0n) is 24.0. The van der Waals surface area contributed by atoms with Gasteiger partial charge in [-0.05, 0) is 56.6 Å². The van der Waals surface area contributed by atoms with Crippen LogP contribution in [0.5, 0.6) is 11.5 Å². The van der Waals surface area contributed by atoms with E-state index >= 15 is 0 Å². The highest BCUT2D eigenvalue weighted by atomic mass is 31.2. The fourth-order valence-corrected chi connectivity index (χ4v) is 5.21. The standard InChI is InChI=1S/C30H22.C6H6O2.H4O5P2/c1-5-13-23(14-6-1)27-21-22-28(24-15-7-2-8-16-24)30(26-19-11-4-12-20-26)29(27)25-17-9-3-10-18-25;7-5-2-1-3-6(8)4-5;1-6(2)5-7(3)4/h1-22H;1-4,7-8H;1-4H. The van der Waals surface area contributed by atoms with E-state index < -0.39 is 17.2 Å². The van der Waals surface area contributed by atoms with Crippen molar-refractivity contribution in [3.8, 4) is 56.0 Å². The Hall–Kier alpha value is -4.42. The second-order valence-electron chi connectivity index (χ2n) is 9.48. The van der Waals surface area contributed by atoms with Crippen LogP contribution in [0.15, 0.2) is 158 Å². The predicted octanol–water partition coefficient (Wildman–Crippen LogP) is 8.88. The summed E-state index contributed by atoms with van der Waals surface area (Å²) in [7, 11) is -5.22. The molecule has 0 saturated heterocycles. The number of phenols is 2. The minimum Gasteiger partial charge on any atom is -0.508 e. The summed E-state index contributed by atoms with van der Waals surface area (Å²) in [6.45, 7) is 0. The van der Waals surface area contributed by atoms with Crippen molar-refractivity contribution in [1.29, 1.82) is 0 Å². The van der Waals surface area contributed by atoms with E-state index in [1.54, 1.807) is 6.07 Å². The van der Waals surface area contributed by atoms with Crippen molar-refractivity contribution in [3.63, 3.8) is 0 Å². The van der Waals surface area contributed by atoms with Gasteiger partial charge in [-0.3, -0.25) is 0 Å². The van der Waals surface area contributed by atoms with Crippen LogP contribution in [-0.2, 0) is 4.31 Å². The van der Waals surface area contributed by atoms with E-state index in [2.05, 4.69) is 138 Å². The first-order chi connectivity index (χ1) is 21.8. The maximum atomic E-state index is 8.65. The second-order valence-corrected chi connectivity index (χ2v) is 11.1. The van der Waals surface area contributed by atoms with Gasteiger partial charge in [0.1, 0.15) is 11.5 Å². The molecule has 0 spiro atoms. The Kier molecular flexibility index (Phi) is 12.8. The maximum absolute atomic E-state index is 8.65. The molecule has 0 saturated carbocycles. The molecule has 0 aromatic heterocycles. The number of phenolic OH excluding ortho intramolecular Hbond substituents is 2. The molecule has 6 aromatic carbocycles. The average molecular weight is 639 g/mol. The summed E-state index contributed by atoms with van der Waals surface area (Å²) in [5.74, 6) is 0.176. The van der Waals surface area contributed by atoms with E-state index in [1.165, 1.54) is 62.7 Å². The van der Waals surface area contributed by atoms with Gasteiger partial charge < -0.3 is 29.8 Å². The van der Waals surface area contributed by atoms with Gasteiger partial charge in [-0.25, -0.2) is 4.31 Å². The monoisotopic (exact) mass is 638 g/mol. The second kappa shape index (κ2) is 17.2. The van der Waals surface area contributed by atoms with Crippen LogP contribution in [0.2, 0.25) is 0 Å². The van der Waals surface area contributed by atoms with Crippen LogP contribution in [-0.4, -0.2) is 29.8 Å². The van der Waals surface area contributed by atoms with E-state index in [0.717, 1.165) is 0 Å². The van der Waals surface area contributed by atoms with Crippen LogP contribution in [0.4, 0.5) is 0 Å². The van der Waals surface area contributed by atoms with Crippen molar-refractivity contribution in [2.75, 3.05) is 0 Å². The lowest BCUT2D eigenvalue weighted by Gasteiger charge is -2.20. The van der Waals surface area contributed by atoms with Gasteiger partial charge in [0.25, 0.3) is 0 Å². The zero-order chi connectivity index (χ0) is 32.0. The molecule has 0 radical (unpaired) electrons. The van der Waals surface area contributed by atoms with Gasteiger partial charge in [-0.1, -0.05) is 140 Å². The number of rotatable bonds is 6. The average Bonchev–Trinajstić information content (AvgIpc) is 3.05. The van der Waals surface area contributed by atoms with E-state index in [4.69, 9.17) is 29.8 Å². The number of hydrogen-bond donors (Lipinski definition) is 6. The van der Waals surface area contributed by atoms with E-state index in [0.29, 0.717) is 0 Å². The fourth-order valence-electron chi connectivity index (χ4n) is 4.69. The molecule has 0 unspecified atom stereocenters. The van der Waals surface area contributed by atoms with Crippen LogP contribution in [0, 0.1) is 0 Å². The van der Waals surface area contributed by atoms with Crippen molar-refractivity contribution < 1.29 is 34.1 Å². The Morgan fingerprint density at radius 1 is 0.356 bits per heavy atom. The molecule has 0 aliphatic carbocycles. The normalized spacial score (nSPS) is 10.4. The summed E-state index contributed by atoms with van der Waals surface area (Å²) in [6.07, 6.45) is 0. The molecular weight excluding hydrogens is 606 g/mol. The Labute approximate surface area is 264 Å². The number of benzene rings is 6. The maximum Gasteiger partial charge on any atom is 0.334 e. The minimum atomic E-state index is -2.61. The van der Waals surface area contributed by atoms with Gasteiger partial charge in [0.15, 0.2) is 0 Å². The third-order valence-corrected chi connectivity index (χ3v) is 7.64. The van der Waals surface area contributed by atoms with Crippen molar-refractivity contribution in [2.45, 2.75) is 0 Å². The van der Waals surface area contributed by atoms with Crippen molar-refractivity contribution >= 4 is 17.2 Å². The van der Waals surface area contributed by atoms with Crippen LogP contribution < -0.4 is 0 Å². The first-order valence-electron chi connectivity index (χ1n) is 13.7. The summed E-state index contributed by atoms with van der Waals surface area (Å²) in [4.78, 5) is 31.3. The topological polar surface area (TPSA) is 131 Å². The van der Waals surface area contributed by atoms with Gasteiger partial charge in [-0.15, -0.1) is 0 Å². The summed E-state index contributed by atoms with van der Waals surface area (Å²) in [6, 6.07) is 53.2. The van der Waals surface area contributed by atoms with Crippen LogP contribution >= 0.6 is 17.2 Å². The van der Waals surface area contributed by atoms with Crippen molar-refractivity contribution in [1.82, 2.24) is 0 Å². The number of hydrogen-bond acceptors (Lipinski definition) is 7. The lowest BCUT2D eigenvalue weighted by molar-refractivity contribution is 0.324. The molecule has 9 heteroatoms. The largest absolute Gasteiger partial charge is 0.508 e. The zero-order valence-corrected chi connectivity index (χ0v) is 25.8. The fraction of sp³-hybridized carbons (Fsp3) is 0. The molecule has 6 rings (SSSR count). The van der Waals surface area contributed by atoms with Gasteiger partial charge >= 0.3 is 17.2 Å². The SMILES string of the molecule is OP(O)OP(O)O.Oc1cccc(O)c1.c1ccc(-c2ccc(-c3ccccc3)c(-c3ccccc3)c2-c2ccccc2)cc1. The van der Waals surface area contributed by atoms with Gasteiger partial charge in [0, 0.05) is 6.07 Å². The highest BCUT2D eigenvalue weighted by molar-refractivity contribution is 7.53. The molecular formula is C36H32O7P2. The highest BCUT2D eigenvalue weighted by Crippen LogP contribution is 2.45. The molecule has 228 valence electrons. The third-order valence-electron chi connectivity index (χ3n) is 6.48. The Balaban J connectivity index is 0.000000254. The van der Waals surface area contributed by atoms with E-state index in [-0.39, 0.29) is 11.5 Å². The van der Waals surface area contributed by atoms with Gasteiger partial charge in [-0.2, -0.15) is 0 Å². The number of aromatic hydroxyl groups is 2. The van der Waals surface area contributed by atoms with Crippen molar-refractivity contribution in [2.24, 2.45) is 0 Å². The molecule has 6 aromatic rings. The summed E-state index contributed by atoms with van der Waals surface area (Å²) >= 11 is 0. The third kappa shape index (κ3) is 10.0. The van der Waals surface area contributed by atoms with E-state index in [1.807, 2.05) is 0 Å². The molecule has 0 bridgehead atoms. The van der Waals surface area contributed by atoms with Gasteiger partial charge in [0.05, 0.1) is 0 Å². The van der Waals surface area contributed by atoms with Crippen molar-refractivity contribution in [3.05, 3.63) is 158 Å². The molecule has 6 N–H and O–H groups in total. The Morgan fingerprint density at radius 3 is 0.911 bits per heavy atom. The summed E-state index contributed by atoms with van der Waals surface area (Å²) in [5.41, 5.74) is 9.96. The van der Waals surface area contributed by atoms with Crippen LogP contribution in [0.1, 0.15) is 0 Å². The summed E-state index contributed by atoms with van der Waals surface area (Å²) < 4.78 is 3.60. The lowest BCUT2D eigenvalue weighted by Crippen LogP contribution is -1.94. The Bertz CT molecular complexity index is 1610. The van der Waals surface area contributed by atoms with Gasteiger partial charge in [0.2, 0.25) is 0 Å². The molecule has 7 nitrogen and oxygen atoms in total. The molecule has 0 aliphatic rings. The van der Waals surface area contributed by atoms with E-state index in [9.17, 15) is 0 Å². The quantitative estimate of drug-likeness (QED) is 0.101. The lowest BCUT2D eigenvalue weighted by atomic mass is 9.83. The highest BCUT2D eigenvalue weighted by Gasteiger charge is 2.18. The Morgan fingerprint density at radius 2 is 0.667 bits per heavy atom. The minimum absolute atomic E-state index is 0.0880. The molecule has 0 amide bonds.